The number of aliphatic hydroxyl groups excluding tert-OH is 1. The normalized spacial score (nSPS) is 12.6. The average molecular weight is 274 g/mol. The molecule has 0 spiro atoms. The highest BCUT2D eigenvalue weighted by atomic mass is 35.5. The first-order valence-corrected chi connectivity index (χ1v) is 7.64. The van der Waals surface area contributed by atoms with E-state index in [4.69, 9.17) is 11.6 Å². The number of benzene rings is 1. The largest absolute Gasteiger partial charge is 0.387 e. The quantitative estimate of drug-likeness (QED) is 0.714. The zero-order chi connectivity index (χ0) is 12.5. The smallest absolute Gasteiger partial charge is 0.0914 e. The molecule has 0 heterocycles. The molecule has 0 fully saturated rings. The highest BCUT2D eigenvalue weighted by Crippen LogP contribution is 2.15. The molecule has 1 unspecified atom stereocenters. The van der Waals surface area contributed by atoms with E-state index < -0.39 is 6.10 Å². The molecule has 17 heavy (non-hydrogen) atoms. The summed E-state index contributed by atoms with van der Waals surface area (Å²) in [6.07, 6.45) is 4.06. The molecule has 0 aromatic heterocycles. The molecule has 1 aromatic rings. The standard InChI is InChI=1S/C13H20ClNOS/c1-17-9-3-2-8-15-10-13(16)11-4-6-12(14)7-5-11/h4-7,13,15-16H,2-3,8-10H2,1H3. The van der Waals surface area contributed by atoms with Crippen LogP contribution in [-0.2, 0) is 0 Å². The van der Waals surface area contributed by atoms with Crippen LogP contribution in [0.25, 0.3) is 0 Å². The van der Waals surface area contributed by atoms with Crippen LogP contribution in [0.15, 0.2) is 24.3 Å². The van der Waals surface area contributed by atoms with Crippen LogP contribution < -0.4 is 5.32 Å². The van der Waals surface area contributed by atoms with Gasteiger partial charge in [0.2, 0.25) is 0 Å². The van der Waals surface area contributed by atoms with E-state index in [2.05, 4.69) is 11.6 Å². The van der Waals surface area contributed by atoms with Gasteiger partial charge in [-0.05, 0) is 49.1 Å². The van der Waals surface area contributed by atoms with Gasteiger partial charge in [-0.2, -0.15) is 11.8 Å². The van der Waals surface area contributed by atoms with E-state index in [1.165, 1.54) is 12.2 Å². The first-order valence-electron chi connectivity index (χ1n) is 5.87. The Balaban J connectivity index is 2.16. The zero-order valence-corrected chi connectivity index (χ0v) is 11.7. The SMILES string of the molecule is CSCCCCNCC(O)c1ccc(Cl)cc1. The number of nitrogens with one attached hydrogen (secondary N) is 1. The number of rotatable bonds is 8. The molecular weight excluding hydrogens is 254 g/mol. The number of hydrogen-bond acceptors (Lipinski definition) is 3. The topological polar surface area (TPSA) is 32.3 Å². The molecular formula is C13H20ClNOS. The minimum Gasteiger partial charge on any atom is -0.387 e. The Hall–Kier alpha value is -0.220. The van der Waals surface area contributed by atoms with Gasteiger partial charge in [-0.1, -0.05) is 23.7 Å². The summed E-state index contributed by atoms with van der Waals surface area (Å²) in [6, 6.07) is 7.34. The molecule has 0 amide bonds. The number of aliphatic hydroxyl groups is 1. The summed E-state index contributed by atoms with van der Waals surface area (Å²) in [6.45, 7) is 1.56. The number of hydrogen-bond donors (Lipinski definition) is 2. The van der Waals surface area contributed by atoms with E-state index in [-0.39, 0.29) is 0 Å². The molecule has 0 radical (unpaired) electrons. The minimum atomic E-state index is -0.451. The second-order valence-electron chi connectivity index (χ2n) is 3.97. The summed E-state index contributed by atoms with van der Waals surface area (Å²) in [7, 11) is 0. The second kappa shape index (κ2) is 8.81. The van der Waals surface area contributed by atoms with Crippen molar-refractivity contribution >= 4 is 23.4 Å². The number of thioether (sulfide) groups is 1. The van der Waals surface area contributed by atoms with Gasteiger partial charge in [-0.25, -0.2) is 0 Å². The van der Waals surface area contributed by atoms with Crippen molar-refractivity contribution in [3.63, 3.8) is 0 Å². The molecule has 0 saturated carbocycles. The van der Waals surface area contributed by atoms with Crippen LogP contribution in [0.1, 0.15) is 24.5 Å². The first-order chi connectivity index (χ1) is 8.24. The van der Waals surface area contributed by atoms with Gasteiger partial charge in [0.15, 0.2) is 0 Å². The van der Waals surface area contributed by atoms with Gasteiger partial charge in [0, 0.05) is 11.6 Å². The van der Waals surface area contributed by atoms with Gasteiger partial charge >= 0.3 is 0 Å². The van der Waals surface area contributed by atoms with Crippen molar-refractivity contribution in [3.8, 4) is 0 Å². The lowest BCUT2D eigenvalue weighted by molar-refractivity contribution is 0.175. The molecule has 0 bridgehead atoms. The highest BCUT2D eigenvalue weighted by molar-refractivity contribution is 7.98. The van der Waals surface area contributed by atoms with Gasteiger partial charge < -0.3 is 10.4 Å². The summed E-state index contributed by atoms with van der Waals surface area (Å²) in [5, 5.41) is 13.9. The fourth-order valence-electron chi connectivity index (χ4n) is 1.54. The lowest BCUT2D eigenvalue weighted by atomic mass is 10.1. The van der Waals surface area contributed by atoms with Crippen LogP contribution in [0, 0.1) is 0 Å². The van der Waals surface area contributed by atoms with Gasteiger partial charge in [0.1, 0.15) is 0 Å². The van der Waals surface area contributed by atoms with Crippen molar-refractivity contribution < 1.29 is 5.11 Å². The lowest BCUT2D eigenvalue weighted by Gasteiger charge is -2.12. The molecule has 96 valence electrons. The van der Waals surface area contributed by atoms with E-state index in [1.807, 2.05) is 23.9 Å². The van der Waals surface area contributed by atoms with Gasteiger partial charge in [0.25, 0.3) is 0 Å². The Morgan fingerprint density at radius 3 is 2.65 bits per heavy atom. The summed E-state index contributed by atoms with van der Waals surface area (Å²) >= 11 is 7.67. The molecule has 1 rings (SSSR count). The van der Waals surface area contributed by atoms with Crippen LogP contribution in [0.5, 0.6) is 0 Å². The van der Waals surface area contributed by atoms with Crippen molar-refractivity contribution in [3.05, 3.63) is 34.9 Å². The molecule has 0 aliphatic rings. The summed E-state index contributed by atoms with van der Waals surface area (Å²) in [5.74, 6) is 1.21. The third kappa shape index (κ3) is 6.32. The van der Waals surface area contributed by atoms with Crippen molar-refractivity contribution in [1.82, 2.24) is 5.32 Å². The third-order valence-corrected chi connectivity index (χ3v) is 3.49. The van der Waals surface area contributed by atoms with Gasteiger partial charge in [0.05, 0.1) is 6.10 Å². The highest BCUT2D eigenvalue weighted by Gasteiger charge is 2.05. The Morgan fingerprint density at radius 2 is 2.00 bits per heavy atom. The first kappa shape index (κ1) is 14.8. The van der Waals surface area contributed by atoms with Crippen LogP contribution in [0.3, 0.4) is 0 Å². The molecule has 4 heteroatoms. The van der Waals surface area contributed by atoms with E-state index in [1.54, 1.807) is 12.1 Å². The number of unbranched alkanes of at least 4 members (excludes halogenated alkanes) is 1. The zero-order valence-electron chi connectivity index (χ0n) is 10.2. The summed E-state index contributed by atoms with van der Waals surface area (Å²) in [5.41, 5.74) is 0.908. The molecule has 0 saturated heterocycles. The fraction of sp³-hybridized carbons (Fsp3) is 0.538. The molecule has 1 atom stereocenters. The molecule has 2 nitrogen and oxygen atoms in total. The Labute approximate surface area is 113 Å². The maximum absolute atomic E-state index is 9.90. The van der Waals surface area contributed by atoms with E-state index >= 15 is 0 Å². The van der Waals surface area contributed by atoms with Crippen LogP contribution in [0.4, 0.5) is 0 Å². The predicted molar refractivity (Wildman–Crippen MR) is 76.9 cm³/mol. The van der Waals surface area contributed by atoms with E-state index in [0.29, 0.717) is 11.6 Å². The summed E-state index contributed by atoms with van der Waals surface area (Å²) in [4.78, 5) is 0. The lowest BCUT2D eigenvalue weighted by Crippen LogP contribution is -2.22. The maximum Gasteiger partial charge on any atom is 0.0914 e. The average Bonchev–Trinajstić information content (AvgIpc) is 2.34. The maximum atomic E-state index is 9.90. The van der Waals surface area contributed by atoms with Crippen LogP contribution >= 0.6 is 23.4 Å². The Morgan fingerprint density at radius 1 is 1.29 bits per heavy atom. The fourth-order valence-corrected chi connectivity index (χ4v) is 2.16. The van der Waals surface area contributed by atoms with E-state index in [0.717, 1.165) is 18.5 Å². The van der Waals surface area contributed by atoms with Crippen LogP contribution in [-0.4, -0.2) is 30.2 Å². The van der Waals surface area contributed by atoms with Gasteiger partial charge in [-0.15, -0.1) is 0 Å². The van der Waals surface area contributed by atoms with Crippen molar-refractivity contribution in [2.45, 2.75) is 18.9 Å². The molecule has 0 aliphatic heterocycles. The number of halogens is 1. The molecule has 1 aromatic carbocycles. The van der Waals surface area contributed by atoms with Crippen molar-refractivity contribution in [1.29, 1.82) is 0 Å². The Bertz CT molecular complexity index is 305. The monoisotopic (exact) mass is 273 g/mol. The second-order valence-corrected chi connectivity index (χ2v) is 5.39. The minimum absolute atomic E-state index is 0.451. The molecule has 0 aliphatic carbocycles. The third-order valence-electron chi connectivity index (χ3n) is 2.54. The van der Waals surface area contributed by atoms with Crippen LogP contribution in [0.2, 0.25) is 5.02 Å². The van der Waals surface area contributed by atoms with Crippen molar-refractivity contribution in [2.24, 2.45) is 0 Å². The predicted octanol–water partition coefficient (Wildman–Crippen LogP) is 3.11. The summed E-state index contributed by atoms with van der Waals surface area (Å²) < 4.78 is 0. The van der Waals surface area contributed by atoms with Gasteiger partial charge in [-0.3, -0.25) is 0 Å². The van der Waals surface area contributed by atoms with E-state index in [9.17, 15) is 5.11 Å². The van der Waals surface area contributed by atoms with Crippen molar-refractivity contribution in [2.75, 3.05) is 25.1 Å². The Kier molecular flexibility index (Phi) is 7.69. The molecule has 2 N–H and O–H groups in total.